The van der Waals surface area contributed by atoms with E-state index in [0.29, 0.717) is 0 Å². The number of rotatable bonds is 3. The molecule has 0 saturated carbocycles. The first kappa shape index (κ1) is 8.47. The van der Waals surface area contributed by atoms with Crippen LogP contribution >= 0.6 is 15.9 Å². The molecule has 1 heterocycles. The molecule has 58 valence electrons. The van der Waals surface area contributed by atoms with Crippen LogP contribution in [-0.2, 0) is 6.42 Å². The number of aromatic nitrogens is 1. The monoisotopic (exact) mass is 211 g/mol. The van der Waals surface area contributed by atoms with Gasteiger partial charge in [0.25, 0.3) is 0 Å². The fourth-order valence-corrected chi connectivity index (χ4v) is 1.22. The van der Waals surface area contributed by atoms with Gasteiger partial charge in [-0.2, -0.15) is 0 Å². The molecule has 0 aliphatic carbocycles. The van der Waals surface area contributed by atoms with Gasteiger partial charge in [-0.25, -0.2) is 4.98 Å². The third-order valence-electron chi connectivity index (χ3n) is 1.38. The molecule has 0 amide bonds. The van der Waals surface area contributed by atoms with Gasteiger partial charge in [0, 0.05) is 5.69 Å². The Morgan fingerprint density at radius 1 is 1.55 bits per heavy atom. The number of aryl methyl sites for hydroxylation is 1. The molecule has 1 aromatic rings. The molecule has 0 N–H and O–H groups in total. The molecule has 1 rings (SSSR count). The molecule has 0 aromatic carbocycles. The topological polar surface area (TPSA) is 12.9 Å². The van der Waals surface area contributed by atoms with Crippen LogP contribution in [0.3, 0.4) is 0 Å². The van der Waals surface area contributed by atoms with Crippen molar-refractivity contribution in [3.63, 3.8) is 0 Å². The second kappa shape index (κ2) is 4.29. The molecule has 0 bridgehead atoms. The van der Waals surface area contributed by atoms with Gasteiger partial charge in [0.1, 0.15) is 4.60 Å². The molecule has 0 spiro atoms. The molecule has 0 radical (unpaired) electrons. The molecule has 1 aromatic heterocycles. The number of hydrogen-bond acceptors (Lipinski definition) is 1. The van der Waals surface area contributed by atoms with Crippen LogP contribution in [0.15, 0.2) is 35.5 Å². The van der Waals surface area contributed by atoms with Crippen molar-refractivity contribution in [2.75, 3.05) is 0 Å². The predicted octanol–water partition coefficient (Wildman–Crippen LogP) is 2.96. The van der Waals surface area contributed by atoms with E-state index in [0.717, 1.165) is 23.1 Å². The van der Waals surface area contributed by atoms with E-state index in [-0.39, 0.29) is 0 Å². The molecule has 2 heteroatoms. The normalized spacial score (nSPS) is 9.55. The first-order chi connectivity index (χ1) is 5.33. The molecule has 0 saturated heterocycles. The zero-order valence-corrected chi connectivity index (χ0v) is 7.84. The van der Waals surface area contributed by atoms with Crippen molar-refractivity contribution in [2.45, 2.75) is 12.8 Å². The summed E-state index contributed by atoms with van der Waals surface area (Å²) >= 11 is 3.32. The summed E-state index contributed by atoms with van der Waals surface area (Å²) in [6.07, 6.45) is 3.87. The Hall–Kier alpha value is -0.630. The van der Waals surface area contributed by atoms with Crippen LogP contribution in [-0.4, -0.2) is 4.98 Å². The Bertz CT molecular complexity index is 245. The predicted molar refractivity (Wildman–Crippen MR) is 50.5 cm³/mol. The van der Waals surface area contributed by atoms with Gasteiger partial charge in [-0.3, -0.25) is 0 Å². The Labute approximate surface area is 75.3 Å². The Kier molecular flexibility index (Phi) is 3.30. The quantitative estimate of drug-likeness (QED) is 0.554. The lowest BCUT2D eigenvalue weighted by molar-refractivity contribution is 0.938. The lowest BCUT2D eigenvalue weighted by atomic mass is 10.2. The summed E-state index contributed by atoms with van der Waals surface area (Å²) in [6, 6.07) is 5.95. The van der Waals surface area contributed by atoms with Gasteiger partial charge in [-0.05, 0) is 40.9 Å². The fourth-order valence-electron chi connectivity index (χ4n) is 0.839. The van der Waals surface area contributed by atoms with Crippen molar-refractivity contribution in [2.24, 2.45) is 0 Å². The third-order valence-corrected chi connectivity index (χ3v) is 1.82. The van der Waals surface area contributed by atoms with E-state index in [1.165, 1.54) is 0 Å². The van der Waals surface area contributed by atoms with Gasteiger partial charge in [0.15, 0.2) is 0 Å². The van der Waals surface area contributed by atoms with E-state index < -0.39 is 0 Å². The molecule has 0 atom stereocenters. The summed E-state index contributed by atoms with van der Waals surface area (Å²) in [4.78, 5) is 4.28. The Morgan fingerprint density at radius 2 is 2.36 bits per heavy atom. The maximum Gasteiger partial charge on any atom is 0.106 e. The third kappa shape index (κ3) is 2.85. The maximum atomic E-state index is 4.28. The minimum absolute atomic E-state index is 0.902. The molecular weight excluding hydrogens is 202 g/mol. The molecule has 0 aliphatic rings. The van der Waals surface area contributed by atoms with Crippen molar-refractivity contribution in [1.82, 2.24) is 4.98 Å². The number of allylic oxidation sites excluding steroid dienone is 1. The van der Waals surface area contributed by atoms with E-state index in [4.69, 9.17) is 0 Å². The standard InChI is InChI=1S/C9H10BrN/c1-2-3-5-8-6-4-7-9(10)11-8/h2,4,6-7H,1,3,5H2. The van der Waals surface area contributed by atoms with Crippen LogP contribution in [0.5, 0.6) is 0 Å². The first-order valence-electron chi connectivity index (χ1n) is 3.55. The van der Waals surface area contributed by atoms with Gasteiger partial charge in [-0.15, -0.1) is 6.58 Å². The van der Waals surface area contributed by atoms with Gasteiger partial charge in [0.05, 0.1) is 0 Å². The van der Waals surface area contributed by atoms with E-state index in [1.54, 1.807) is 0 Å². The van der Waals surface area contributed by atoms with Crippen LogP contribution in [0.1, 0.15) is 12.1 Å². The van der Waals surface area contributed by atoms with Crippen molar-refractivity contribution in [3.8, 4) is 0 Å². The zero-order valence-electron chi connectivity index (χ0n) is 6.26. The van der Waals surface area contributed by atoms with Gasteiger partial charge in [-0.1, -0.05) is 12.1 Å². The van der Waals surface area contributed by atoms with Crippen molar-refractivity contribution in [3.05, 3.63) is 41.2 Å². The lowest BCUT2D eigenvalue weighted by Crippen LogP contribution is -1.87. The average molecular weight is 212 g/mol. The molecule has 1 nitrogen and oxygen atoms in total. The summed E-state index contributed by atoms with van der Waals surface area (Å²) in [5.41, 5.74) is 1.11. The van der Waals surface area contributed by atoms with Crippen LogP contribution < -0.4 is 0 Å². The van der Waals surface area contributed by atoms with Gasteiger partial charge in [0.2, 0.25) is 0 Å². The summed E-state index contributed by atoms with van der Waals surface area (Å²) in [7, 11) is 0. The van der Waals surface area contributed by atoms with Crippen LogP contribution in [0, 0.1) is 0 Å². The molecule has 0 aliphatic heterocycles. The molecular formula is C9H10BrN. The summed E-state index contributed by atoms with van der Waals surface area (Å²) in [5.74, 6) is 0. The maximum absolute atomic E-state index is 4.28. The van der Waals surface area contributed by atoms with Crippen LogP contribution in [0.25, 0.3) is 0 Å². The van der Waals surface area contributed by atoms with E-state index >= 15 is 0 Å². The van der Waals surface area contributed by atoms with E-state index in [2.05, 4.69) is 27.5 Å². The number of nitrogens with zero attached hydrogens (tertiary/aromatic N) is 1. The zero-order chi connectivity index (χ0) is 8.10. The number of hydrogen-bond donors (Lipinski definition) is 0. The summed E-state index contributed by atoms with van der Waals surface area (Å²) in [6.45, 7) is 3.66. The highest BCUT2D eigenvalue weighted by Gasteiger charge is 1.92. The highest BCUT2D eigenvalue weighted by Crippen LogP contribution is 2.07. The second-order valence-corrected chi connectivity index (χ2v) is 3.09. The summed E-state index contributed by atoms with van der Waals surface area (Å²) in [5, 5.41) is 0. The summed E-state index contributed by atoms with van der Waals surface area (Å²) < 4.78 is 0.902. The minimum atomic E-state index is 0.902. The van der Waals surface area contributed by atoms with Crippen LogP contribution in [0.4, 0.5) is 0 Å². The van der Waals surface area contributed by atoms with E-state index in [1.807, 2.05) is 24.3 Å². The fraction of sp³-hybridized carbons (Fsp3) is 0.222. The molecule has 0 fully saturated rings. The Balaban J connectivity index is 2.63. The largest absolute Gasteiger partial charge is 0.246 e. The van der Waals surface area contributed by atoms with Crippen molar-refractivity contribution >= 4 is 15.9 Å². The molecule has 0 unspecified atom stereocenters. The minimum Gasteiger partial charge on any atom is -0.246 e. The van der Waals surface area contributed by atoms with Crippen molar-refractivity contribution < 1.29 is 0 Å². The lowest BCUT2D eigenvalue weighted by Gasteiger charge is -1.96. The van der Waals surface area contributed by atoms with E-state index in [9.17, 15) is 0 Å². The SMILES string of the molecule is C=CCCc1cccc(Br)n1. The van der Waals surface area contributed by atoms with Gasteiger partial charge >= 0.3 is 0 Å². The molecule has 11 heavy (non-hydrogen) atoms. The van der Waals surface area contributed by atoms with Crippen LogP contribution in [0.2, 0.25) is 0 Å². The first-order valence-corrected chi connectivity index (χ1v) is 4.34. The smallest absolute Gasteiger partial charge is 0.106 e. The highest BCUT2D eigenvalue weighted by molar-refractivity contribution is 9.10. The second-order valence-electron chi connectivity index (χ2n) is 2.28. The number of halogens is 1. The van der Waals surface area contributed by atoms with Crippen molar-refractivity contribution in [1.29, 1.82) is 0 Å². The highest BCUT2D eigenvalue weighted by atomic mass is 79.9. The average Bonchev–Trinajstić information content (AvgIpc) is 2.01. The van der Waals surface area contributed by atoms with Gasteiger partial charge < -0.3 is 0 Å². The Morgan fingerprint density at radius 3 is 3.00 bits per heavy atom. The number of pyridine rings is 1.